The molecule has 2 amide bonds. The van der Waals surface area contributed by atoms with Crippen LogP contribution in [0.15, 0.2) is 60.8 Å². The molecular formula is C28H30F3N7O. The SMILES string of the molecule is CN(C)C1CCN(Cc2cc(-c3ccc(NC(=O)Nc4cccc(C(F)(F)F)c4)cc3)c3cnn(C)c3n2)C1. The molecule has 0 saturated carbocycles. The van der Waals surface area contributed by atoms with Crippen molar-refractivity contribution in [3.8, 4) is 11.1 Å². The first-order valence-electron chi connectivity index (χ1n) is 12.6. The Kier molecular flexibility index (Phi) is 7.28. The molecule has 2 aromatic carbocycles. The molecule has 1 atom stereocenters. The number of likely N-dealkylation sites (tertiary alicyclic amines) is 1. The number of carbonyl (C=O) groups excluding carboxylic acids is 1. The summed E-state index contributed by atoms with van der Waals surface area (Å²) >= 11 is 0. The van der Waals surface area contributed by atoms with Gasteiger partial charge in [-0.05, 0) is 68.0 Å². The van der Waals surface area contributed by atoms with E-state index in [0.717, 1.165) is 66.0 Å². The zero-order valence-electron chi connectivity index (χ0n) is 22.0. The number of nitrogens with one attached hydrogen (secondary N) is 2. The summed E-state index contributed by atoms with van der Waals surface area (Å²) in [6, 6.07) is 13.8. The van der Waals surface area contributed by atoms with Gasteiger partial charge in [0.1, 0.15) is 0 Å². The van der Waals surface area contributed by atoms with E-state index in [9.17, 15) is 18.0 Å². The molecule has 39 heavy (non-hydrogen) atoms. The van der Waals surface area contributed by atoms with Crippen LogP contribution in [0.1, 0.15) is 17.7 Å². The van der Waals surface area contributed by atoms with Gasteiger partial charge in [0.25, 0.3) is 0 Å². The summed E-state index contributed by atoms with van der Waals surface area (Å²) in [7, 11) is 6.09. The summed E-state index contributed by atoms with van der Waals surface area (Å²) in [5, 5.41) is 10.5. The zero-order chi connectivity index (χ0) is 27.7. The van der Waals surface area contributed by atoms with Crippen LogP contribution in [-0.4, -0.2) is 63.8 Å². The van der Waals surface area contributed by atoms with Crippen LogP contribution in [0, 0.1) is 0 Å². The van der Waals surface area contributed by atoms with Crippen LogP contribution in [0.3, 0.4) is 0 Å². The molecule has 5 rings (SSSR count). The van der Waals surface area contributed by atoms with Crippen molar-refractivity contribution in [3.63, 3.8) is 0 Å². The van der Waals surface area contributed by atoms with Crippen LogP contribution < -0.4 is 10.6 Å². The minimum Gasteiger partial charge on any atom is -0.308 e. The van der Waals surface area contributed by atoms with Crippen LogP contribution in [0.25, 0.3) is 22.2 Å². The molecule has 1 saturated heterocycles. The Morgan fingerprint density at radius 3 is 2.51 bits per heavy atom. The number of hydrogen-bond donors (Lipinski definition) is 2. The van der Waals surface area contributed by atoms with Crippen molar-refractivity contribution in [1.29, 1.82) is 0 Å². The van der Waals surface area contributed by atoms with Gasteiger partial charge in [0.2, 0.25) is 0 Å². The van der Waals surface area contributed by atoms with Crippen LogP contribution in [0.4, 0.5) is 29.3 Å². The lowest BCUT2D eigenvalue weighted by atomic mass is 10.0. The highest BCUT2D eigenvalue weighted by Gasteiger charge is 2.30. The maximum Gasteiger partial charge on any atom is 0.416 e. The number of benzene rings is 2. The number of amides is 2. The van der Waals surface area contributed by atoms with Gasteiger partial charge >= 0.3 is 12.2 Å². The van der Waals surface area contributed by atoms with Gasteiger partial charge in [0, 0.05) is 49.5 Å². The Hall–Kier alpha value is -3.96. The van der Waals surface area contributed by atoms with E-state index in [4.69, 9.17) is 4.98 Å². The average Bonchev–Trinajstić information content (AvgIpc) is 3.51. The van der Waals surface area contributed by atoms with Gasteiger partial charge in [0.05, 0.1) is 17.5 Å². The molecule has 3 heterocycles. The molecule has 0 spiro atoms. The van der Waals surface area contributed by atoms with E-state index in [0.29, 0.717) is 11.7 Å². The fourth-order valence-corrected chi connectivity index (χ4v) is 4.89. The third-order valence-corrected chi connectivity index (χ3v) is 7.02. The number of rotatable bonds is 6. The summed E-state index contributed by atoms with van der Waals surface area (Å²) in [4.78, 5) is 22.0. The summed E-state index contributed by atoms with van der Waals surface area (Å²) in [5.74, 6) is 0. The first-order chi connectivity index (χ1) is 18.6. The van der Waals surface area contributed by atoms with Gasteiger partial charge in [-0.25, -0.2) is 9.78 Å². The van der Waals surface area contributed by atoms with E-state index in [1.165, 1.54) is 12.1 Å². The lowest BCUT2D eigenvalue weighted by Crippen LogP contribution is -2.31. The Morgan fingerprint density at radius 1 is 1.08 bits per heavy atom. The lowest BCUT2D eigenvalue weighted by Gasteiger charge is -2.20. The van der Waals surface area contributed by atoms with Gasteiger partial charge in [-0.2, -0.15) is 18.3 Å². The average molecular weight is 538 g/mol. The van der Waals surface area contributed by atoms with Crippen molar-refractivity contribution in [2.45, 2.75) is 25.2 Å². The molecule has 0 aliphatic carbocycles. The van der Waals surface area contributed by atoms with Crippen molar-refractivity contribution < 1.29 is 18.0 Å². The Labute approximate surface area is 224 Å². The first-order valence-corrected chi connectivity index (χ1v) is 12.6. The summed E-state index contributed by atoms with van der Waals surface area (Å²) < 4.78 is 40.6. The fourth-order valence-electron chi connectivity index (χ4n) is 4.89. The highest BCUT2D eigenvalue weighted by Crippen LogP contribution is 2.32. The van der Waals surface area contributed by atoms with Crippen molar-refractivity contribution in [2.75, 3.05) is 37.8 Å². The van der Waals surface area contributed by atoms with E-state index in [-0.39, 0.29) is 5.69 Å². The number of halogens is 3. The Morgan fingerprint density at radius 2 is 1.82 bits per heavy atom. The molecule has 1 aliphatic rings. The predicted molar refractivity (Wildman–Crippen MR) is 145 cm³/mol. The number of fused-ring (bicyclic) bond motifs is 1. The largest absolute Gasteiger partial charge is 0.416 e. The molecular weight excluding hydrogens is 507 g/mol. The molecule has 2 aromatic heterocycles. The summed E-state index contributed by atoms with van der Waals surface area (Å²) in [6.45, 7) is 2.76. The van der Waals surface area contributed by atoms with E-state index in [1.54, 1.807) is 23.0 Å². The van der Waals surface area contributed by atoms with Crippen LogP contribution in [0.5, 0.6) is 0 Å². The number of urea groups is 1. The molecule has 1 aliphatic heterocycles. The highest BCUT2D eigenvalue weighted by molar-refractivity contribution is 6.00. The van der Waals surface area contributed by atoms with Crippen LogP contribution >= 0.6 is 0 Å². The molecule has 11 heteroatoms. The molecule has 0 bridgehead atoms. The fraction of sp³-hybridized carbons (Fsp3) is 0.321. The number of nitrogens with zero attached hydrogens (tertiary/aromatic N) is 5. The second-order valence-electron chi connectivity index (χ2n) is 10.0. The number of alkyl halides is 3. The first kappa shape index (κ1) is 26.6. The summed E-state index contributed by atoms with van der Waals surface area (Å²) in [5.41, 5.74) is 3.42. The number of aromatic nitrogens is 3. The second kappa shape index (κ2) is 10.7. The number of anilines is 2. The number of aryl methyl sites for hydroxylation is 1. The molecule has 1 fully saturated rings. The van der Waals surface area contributed by atoms with Crippen molar-refractivity contribution >= 4 is 28.4 Å². The topological polar surface area (TPSA) is 78.3 Å². The second-order valence-corrected chi connectivity index (χ2v) is 10.0. The van der Waals surface area contributed by atoms with Gasteiger partial charge in [-0.3, -0.25) is 9.58 Å². The van der Waals surface area contributed by atoms with Crippen LogP contribution in [0.2, 0.25) is 0 Å². The van der Waals surface area contributed by atoms with Crippen molar-refractivity contribution in [3.05, 3.63) is 72.1 Å². The van der Waals surface area contributed by atoms with E-state index >= 15 is 0 Å². The number of likely N-dealkylation sites (N-methyl/N-ethyl adjacent to an activating group) is 1. The standard InChI is InChI=1S/C28H30F3N7O/c1-36(2)23-11-12-38(17-23)16-22-14-24(25-15-32-37(3)26(25)33-22)18-7-9-20(10-8-18)34-27(39)35-21-6-4-5-19(13-21)28(29,30)31/h4-10,13-15,23H,11-12,16-17H2,1-3H3,(H2,34,35,39). The molecule has 1 unspecified atom stereocenters. The maximum absolute atomic E-state index is 13.0. The van der Waals surface area contributed by atoms with Gasteiger partial charge < -0.3 is 15.5 Å². The quantitative estimate of drug-likeness (QED) is 0.343. The third-order valence-electron chi connectivity index (χ3n) is 7.02. The molecule has 204 valence electrons. The van der Waals surface area contributed by atoms with Crippen molar-refractivity contribution in [2.24, 2.45) is 7.05 Å². The minimum absolute atomic E-state index is 0.0529. The minimum atomic E-state index is -4.49. The monoisotopic (exact) mass is 537 g/mol. The van der Waals surface area contributed by atoms with E-state index in [2.05, 4.69) is 45.7 Å². The predicted octanol–water partition coefficient (Wildman–Crippen LogP) is 5.43. The number of pyridine rings is 1. The molecule has 0 radical (unpaired) electrons. The lowest BCUT2D eigenvalue weighted by molar-refractivity contribution is -0.137. The number of hydrogen-bond acceptors (Lipinski definition) is 5. The summed E-state index contributed by atoms with van der Waals surface area (Å²) in [6.07, 6.45) is -1.56. The smallest absolute Gasteiger partial charge is 0.308 e. The van der Waals surface area contributed by atoms with Gasteiger partial charge in [-0.15, -0.1) is 0 Å². The normalized spacial score (nSPS) is 16.2. The van der Waals surface area contributed by atoms with Gasteiger partial charge in [-0.1, -0.05) is 18.2 Å². The zero-order valence-corrected chi connectivity index (χ0v) is 22.0. The Balaban J connectivity index is 1.32. The number of carbonyl (C=O) groups is 1. The van der Waals surface area contributed by atoms with E-state index in [1.807, 2.05) is 19.2 Å². The van der Waals surface area contributed by atoms with Crippen LogP contribution in [-0.2, 0) is 19.8 Å². The molecule has 2 N–H and O–H groups in total. The third kappa shape index (κ3) is 6.04. The highest BCUT2D eigenvalue weighted by atomic mass is 19.4. The maximum atomic E-state index is 13.0. The van der Waals surface area contributed by atoms with E-state index < -0.39 is 17.8 Å². The van der Waals surface area contributed by atoms with Crippen molar-refractivity contribution in [1.82, 2.24) is 24.6 Å². The molecule has 8 nitrogen and oxygen atoms in total. The molecule has 4 aromatic rings. The van der Waals surface area contributed by atoms with Gasteiger partial charge in [0.15, 0.2) is 5.65 Å². The Bertz CT molecular complexity index is 1480.